The number of nitriles is 1. The first-order valence-corrected chi connectivity index (χ1v) is 20.0. The van der Waals surface area contributed by atoms with Crippen LogP contribution in [-0.4, -0.2) is 28.5 Å². The van der Waals surface area contributed by atoms with Crippen LogP contribution in [0.1, 0.15) is 20.9 Å². The second-order valence-electron chi connectivity index (χ2n) is 12.8. The zero-order valence-corrected chi connectivity index (χ0v) is 32.9. The smallest absolute Gasteiger partial charge is 0.308 e. The number of alkyl halides is 6. The highest BCUT2D eigenvalue weighted by atomic mass is 32.1. The molecule has 0 amide bonds. The third-order valence-corrected chi connectivity index (χ3v) is 14.0. The zero-order valence-electron chi connectivity index (χ0n) is 29.6. The van der Waals surface area contributed by atoms with Gasteiger partial charge in [-0.1, -0.05) is 12.1 Å². The molecule has 0 saturated carbocycles. The lowest BCUT2D eigenvalue weighted by molar-refractivity contribution is -0.0691. The number of pyridine rings is 2. The average molecular weight is 943 g/mol. The number of allylic oxidation sites excluding steroid dienone is 4. The summed E-state index contributed by atoms with van der Waals surface area (Å²) in [6.45, 7) is 0. The number of halogens is 14. The maximum atomic E-state index is 14.6. The fourth-order valence-corrected chi connectivity index (χ4v) is 11.1. The Labute approximate surface area is 352 Å². The molecule has 0 aliphatic heterocycles. The molecule has 0 aliphatic rings. The largest absolute Gasteiger partial charge is 0.419 e. The van der Waals surface area contributed by atoms with Crippen molar-refractivity contribution in [1.82, 2.24) is 9.97 Å². The van der Waals surface area contributed by atoms with Crippen LogP contribution in [0.3, 0.4) is 0 Å². The molecule has 1 N–H and O–H groups in total. The Hall–Kier alpha value is -6.02. The number of thiophene rings is 4. The Morgan fingerprint density at radius 3 is 1.31 bits per heavy atom. The first kappa shape index (κ1) is 42.7. The number of hydrogen-bond donors (Lipinski definition) is 1. The summed E-state index contributed by atoms with van der Waals surface area (Å²) in [6.07, 6.45) is -10.9. The molecule has 4 nitrogen and oxygen atoms in total. The second kappa shape index (κ2) is 15.4. The van der Waals surface area contributed by atoms with E-state index in [1.165, 1.54) is 23.5 Å². The number of nitrogens with one attached hydrogen (secondary N) is 1. The van der Waals surface area contributed by atoms with Crippen molar-refractivity contribution < 1.29 is 61.5 Å². The van der Waals surface area contributed by atoms with Gasteiger partial charge in [0.2, 0.25) is 0 Å². The monoisotopic (exact) mass is 942 g/mol. The molecule has 0 bridgehead atoms. The normalized spacial score (nSPS) is 13.2. The van der Waals surface area contributed by atoms with E-state index in [1.54, 1.807) is 36.4 Å². The fraction of sp³-hybridized carbons (Fsp3) is 0.0500. The lowest BCUT2D eigenvalue weighted by Crippen LogP contribution is -2.15. The standard InChI is InChI=1S/C40H12F14N4S4/c41-31-27(32(42)36(46)57-35(31)45)17(11-55)29(39(49,50)51)23-7-5-21(61-23)25-9-15-13-1-3-19-16(14(13)2-4-20(15)60-25)10-26(59-19)22-6-8-24(62-22)30(40(52,53)54)18(12-56)28-33(43)37(47)58-38(48)34(28)44/h1-11,55H/b29-17-,30-18-,55-11?. The number of aromatic nitrogens is 2. The van der Waals surface area contributed by atoms with Crippen LogP contribution >= 0.6 is 45.3 Å². The molecule has 0 saturated heterocycles. The Morgan fingerprint density at radius 2 is 0.919 bits per heavy atom. The van der Waals surface area contributed by atoms with Gasteiger partial charge in [0.25, 0.3) is 23.8 Å². The topological polar surface area (TPSA) is 73.4 Å². The lowest BCUT2D eigenvalue weighted by Gasteiger charge is -2.16. The van der Waals surface area contributed by atoms with Gasteiger partial charge in [0, 0.05) is 61.2 Å². The predicted octanol–water partition coefficient (Wildman–Crippen LogP) is 14.7. The number of benzene rings is 2. The van der Waals surface area contributed by atoms with Gasteiger partial charge in [0.1, 0.15) is 6.07 Å². The van der Waals surface area contributed by atoms with Gasteiger partial charge in [-0.3, -0.25) is 0 Å². The number of nitrogens with zero attached hydrogens (tertiary/aromatic N) is 3. The van der Waals surface area contributed by atoms with Crippen molar-refractivity contribution in [1.29, 1.82) is 10.7 Å². The molecule has 22 heteroatoms. The van der Waals surface area contributed by atoms with Crippen LogP contribution in [0.4, 0.5) is 61.5 Å². The van der Waals surface area contributed by atoms with Gasteiger partial charge in [-0.05, 0) is 59.3 Å². The van der Waals surface area contributed by atoms with Crippen LogP contribution in [0.25, 0.3) is 72.7 Å². The van der Waals surface area contributed by atoms with Gasteiger partial charge in [-0.15, -0.1) is 45.3 Å². The second-order valence-corrected chi connectivity index (χ2v) is 17.1. The fourth-order valence-electron chi connectivity index (χ4n) is 6.66. The van der Waals surface area contributed by atoms with Crippen molar-refractivity contribution in [2.75, 3.05) is 0 Å². The first-order chi connectivity index (χ1) is 29.2. The third-order valence-electron chi connectivity index (χ3n) is 9.24. The van der Waals surface area contributed by atoms with E-state index in [4.69, 9.17) is 5.41 Å². The van der Waals surface area contributed by atoms with Crippen molar-refractivity contribution >= 4 is 105 Å². The molecule has 2 aromatic carbocycles. The van der Waals surface area contributed by atoms with Crippen LogP contribution in [0.5, 0.6) is 0 Å². The van der Waals surface area contributed by atoms with E-state index in [0.717, 1.165) is 29.5 Å². The van der Waals surface area contributed by atoms with Crippen LogP contribution in [-0.2, 0) is 0 Å². The summed E-state index contributed by atoms with van der Waals surface area (Å²) < 4.78 is 202. The number of rotatable bonds is 7. The minimum Gasteiger partial charge on any atom is -0.308 e. The molecule has 0 unspecified atom stereocenters. The van der Waals surface area contributed by atoms with E-state index in [9.17, 15) is 66.7 Å². The molecule has 0 fully saturated rings. The molecule has 6 heterocycles. The van der Waals surface area contributed by atoms with Gasteiger partial charge in [-0.25, -0.2) is 17.6 Å². The molecular formula is C40H12F14N4S4. The first-order valence-electron chi connectivity index (χ1n) is 16.8. The highest BCUT2D eigenvalue weighted by Gasteiger charge is 2.42. The van der Waals surface area contributed by atoms with Gasteiger partial charge in [0.15, 0.2) is 23.3 Å². The molecule has 62 heavy (non-hydrogen) atoms. The summed E-state index contributed by atoms with van der Waals surface area (Å²) >= 11 is 3.35. The summed E-state index contributed by atoms with van der Waals surface area (Å²) in [5.41, 5.74) is -10.4. The van der Waals surface area contributed by atoms with E-state index < -0.39 is 103 Å². The molecule has 8 aromatic rings. The molecular weight excluding hydrogens is 931 g/mol. The van der Waals surface area contributed by atoms with Crippen LogP contribution in [0.15, 0.2) is 60.7 Å². The lowest BCUT2D eigenvalue weighted by atomic mass is 9.99. The minimum absolute atomic E-state index is 0.0648. The van der Waals surface area contributed by atoms with E-state index in [2.05, 4.69) is 9.97 Å². The predicted molar refractivity (Wildman–Crippen MR) is 210 cm³/mol. The Morgan fingerprint density at radius 1 is 0.516 bits per heavy atom. The molecule has 0 aliphatic carbocycles. The van der Waals surface area contributed by atoms with Crippen molar-refractivity contribution in [2.45, 2.75) is 12.4 Å². The van der Waals surface area contributed by atoms with Crippen molar-refractivity contribution in [3.05, 3.63) is 129 Å². The Bertz CT molecular complexity index is 3250. The van der Waals surface area contributed by atoms with Crippen molar-refractivity contribution in [2.24, 2.45) is 0 Å². The molecule has 0 atom stereocenters. The number of fused-ring (bicyclic) bond motifs is 5. The van der Waals surface area contributed by atoms with Crippen LogP contribution in [0, 0.1) is 63.8 Å². The molecule has 8 rings (SSSR count). The summed E-state index contributed by atoms with van der Waals surface area (Å²) in [7, 11) is 0. The van der Waals surface area contributed by atoms with E-state index in [0.29, 0.717) is 63.4 Å². The maximum Gasteiger partial charge on any atom is 0.419 e. The summed E-state index contributed by atoms with van der Waals surface area (Å²) in [4.78, 5) is 4.70. The quantitative estimate of drug-likeness (QED) is 0.0749. The van der Waals surface area contributed by atoms with Crippen molar-refractivity contribution in [3.63, 3.8) is 0 Å². The SMILES string of the molecule is N#C/C(=C(\c1ccc(-c2cc3c(ccc4c5cc(-c6ccc(/C(=C(\C=N)c7c(F)c(F)nc(F)c7F)C(F)(F)F)s6)sc5ccc34)s2)s1)C(F)(F)F)c1c(F)c(F)nc(F)c1F. The van der Waals surface area contributed by atoms with Crippen molar-refractivity contribution in [3.8, 4) is 25.6 Å². The summed E-state index contributed by atoms with van der Waals surface area (Å²) in [5.74, 6) is -18.0. The van der Waals surface area contributed by atoms with E-state index in [1.807, 2.05) is 0 Å². The molecule has 0 radical (unpaired) electrons. The zero-order chi connectivity index (χ0) is 44.7. The Kier molecular flexibility index (Phi) is 10.6. The maximum absolute atomic E-state index is 14.6. The third kappa shape index (κ3) is 7.11. The molecule has 0 spiro atoms. The van der Waals surface area contributed by atoms with E-state index in [-0.39, 0.29) is 16.0 Å². The van der Waals surface area contributed by atoms with Gasteiger partial charge in [0.05, 0.1) is 27.8 Å². The minimum atomic E-state index is -5.44. The van der Waals surface area contributed by atoms with Gasteiger partial charge >= 0.3 is 12.4 Å². The van der Waals surface area contributed by atoms with E-state index >= 15 is 0 Å². The van der Waals surface area contributed by atoms with Gasteiger partial charge < -0.3 is 5.41 Å². The van der Waals surface area contributed by atoms with Crippen LogP contribution in [0.2, 0.25) is 0 Å². The average Bonchev–Trinajstić information content (AvgIpc) is 4.03. The highest BCUT2D eigenvalue weighted by molar-refractivity contribution is 7.27. The van der Waals surface area contributed by atoms with Gasteiger partial charge in [-0.2, -0.15) is 59.1 Å². The molecule has 6 aromatic heterocycles. The van der Waals surface area contributed by atoms with Crippen LogP contribution < -0.4 is 0 Å². The summed E-state index contributed by atoms with van der Waals surface area (Å²) in [6, 6.07) is 15.8. The molecule has 314 valence electrons. The highest BCUT2D eigenvalue weighted by Crippen LogP contribution is 2.50. The Balaban J connectivity index is 1.19. The summed E-state index contributed by atoms with van der Waals surface area (Å²) in [5, 5.41) is 19.8. The number of hydrogen-bond acceptors (Lipinski definition) is 8.